The van der Waals surface area contributed by atoms with Crippen LogP contribution in [0.1, 0.15) is 33.6 Å². The molecule has 1 N–H and O–H groups in total. The lowest BCUT2D eigenvalue weighted by Gasteiger charge is -2.30. The molecule has 1 atom stereocenters. The van der Waals surface area contributed by atoms with Crippen molar-refractivity contribution in [3.8, 4) is 0 Å². The van der Waals surface area contributed by atoms with Gasteiger partial charge in [0, 0.05) is 13.1 Å². The molecule has 1 rings (SSSR count). The van der Waals surface area contributed by atoms with Crippen molar-refractivity contribution >= 4 is 5.84 Å². The first-order valence-electron chi connectivity index (χ1n) is 4.25. The van der Waals surface area contributed by atoms with Gasteiger partial charge in [0.25, 0.3) is 0 Å². The fraction of sp³-hybridized carbons (Fsp3) is 0.889. The Labute approximate surface area is 69.1 Å². The van der Waals surface area contributed by atoms with E-state index in [1.165, 1.54) is 12.8 Å². The molecule has 1 unspecified atom stereocenters. The lowest BCUT2D eigenvalue weighted by molar-refractivity contribution is 0.273. The van der Waals surface area contributed by atoms with Crippen LogP contribution in [0, 0.1) is 10.8 Å². The van der Waals surface area contributed by atoms with Crippen molar-refractivity contribution in [1.82, 2.24) is 4.90 Å². The van der Waals surface area contributed by atoms with Crippen LogP contribution in [-0.4, -0.2) is 23.8 Å². The van der Waals surface area contributed by atoms with E-state index in [9.17, 15) is 0 Å². The first-order valence-corrected chi connectivity index (χ1v) is 4.25. The van der Waals surface area contributed by atoms with Gasteiger partial charge in [-0.15, -0.1) is 0 Å². The number of hydrogen-bond donors (Lipinski definition) is 1. The molecule has 64 valence electrons. The van der Waals surface area contributed by atoms with Gasteiger partial charge in [0.2, 0.25) is 0 Å². The highest BCUT2D eigenvalue weighted by Gasteiger charge is 2.44. The van der Waals surface area contributed by atoms with E-state index in [1.54, 1.807) is 0 Å². The van der Waals surface area contributed by atoms with Crippen molar-refractivity contribution < 1.29 is 0 Å². The highest BCUT2D eigenvalue weighted by Crippen LogP contribution is 2.49. The Balaban J connectivity index is 2.53. The lowest BCUT2D eigenvalue weighted by Crippen LogP contribution is -2.38. The van der Waals surface area contributed by atoms with E-state index >= 15 is 0 Å². The topological polar surface area (TPSA) is 27.1 Å². The summed E-state index contributed by atoms with van der Waals surface area (Å²) in [6.07, 6.45) is 2.65. The summed E-state index contributed by atoms with van der Waals surface area (Å²) in [5, 5.41) is 7.46. The van der Waals surface area contributed by atoms with Crippen LogP contribution in [0.25, 0.3) is 0 Å². The third kappa shape index (κ3) is 1.55. The van der Waals surface area contributed by atoms with Crippen LogP contribution < -0.4 is 0 Å². The maximum Gasteiger partial charge on any atom is 0.0925 e. The van der Waals surface area contributed by atoms with Gasteiger partial charge in [0.05, 0.1) is 5.84 Å². The summed E-state index contributed by atoms with van der Waals surface area (Å²) in [6, 6.07) is 0.528. The zero-order chi connectivity index (χ0) is 8.65. The standard InChI is InChI=1S/C9H18N2/c1-7(9(3)5-6-9)11(4)8(2)10/h7,10H,5-6H2,1-4H3. The maximum atomic E-state index is 7.46. The smallest absolute Gasteiger partial charge is 0.0925 e. The molecular weight excluding hydrogens is 136 g/mol. The molecule has 2 nitrogen and oxygen atoms in total. The minimum atomic E-state index is 0.497. The average molecular weight is 154 g/mol. The van der Waals surface area contributed by atoms with Gasteiger partial charge >= 0.3 is 0 Å². The summed E-state index contributed by atoms with van der Waals surface area (Å²) >= 11 is 0. The third-order valence-corrected chi connectivity index (χ3v) is 3.16. The summed E-state index contributed by atoms with van der Waals surface area (Å²) in [4.78, 5) is 2.06. The van der Waals surface area contributed by atoms with Gasteiger partial charge < -0.3 is 4.90 Å². The molecule has 2 heteroatoms. The highest BCUT2D eigenvalue weighted by molar-refractivity contribution is 5.76. The predicted octanol–water partition coefficient (Wildman–Crippen LogP) is 2.10. The number of nitrogens with one attached hydrogen (secondary N) is 1. The first kappa shape index (κ1) is 8.57. The Hall–Kier alpha value is -0.530. The van der Waals surface area contributed by atoms with Crippen LogP contribution in [0.5, 0.6) is 0 Å². The van der Waals surface area contributed by atoms with E-state index in [2.05, 4.69) is 18.7 Å². The molecule has 0 aliphatic heterocycles. The van der Waals surface area contributed by atoms with Gasteiger partial charge in [-0.1, -0.05) is 6.92 Å². The molecule has 1 fully saturated rings. The largest absolute Gasteiger partial charge is 0.361 e. The van der Waals surface area contributed by atoms with E-state index in [0.717, 1.165) is 0 Å². The molecular formula is C9H18N2. The molecule has 1 aliphatic carbocycles. The number of amidine groups is 1. The molecule has 11 heavy (non-hydrogen) atoms. The minimum Gasteiger partial charge on any atom is -0.361 e. The summed E-state index contributed by atoms with van der Waals surface area (Å²) in [5.41, 5.74) is 0.497. The van der Waals surface area contributed by atoms with Crippen molar-refractivity contribution in [2.75, 3.05) is 7.05 Å². The summed E-state index contributed by atoms with van der Waals surface area (Å²) in [7, 11) is 2.01. The number of rotatable bonds is 2. The fourth-order valence-corrected chi connectivity index (χ4v) is 1.37. The van der Waals surface area contributed by atoms with Gasteiger partial charge in [-0.05, 0) is 32.1 Å². The SMILES string of the molecule is CC(=N)N(C)C(C)C1(C)CC1. The Bertz CT molecular complexity index is 170. The second kappa shape index (κ2) is 2.50. The predicted molar refractivity (Wildman–Crippen MR) is 48.0 cm³/mol. The van der Waals surface area contributed by atoms with E-state index in [1.807, 2.05) is 14.0 Å². The van der Waals surface area contributed by atoms with E-state index in [0.29, 0.717) is 17.3 Å². The van der Waals surface area contributed by atoms with Crippen LogP contribution in [-0.2, 0) is 0 Å². The van der Waals surface area contributed by atoms with Crippen molar-refractivity contribution in [2.45, 2.75) is 39.7 Å². The van der Waals surface area contributed by atoms with Crippen LogP contribution in [0.15, 0.2) is 0 Å². The quantitative estimate of drug-likeness (QED) is 0.478. The van der Waals surface area contributed by atoms with Gasteiger partial charge in [-0.25, -0.2) is 0 Å². The van der Waals surface area contributed by atoms with Crippen molar-refractivity contribution in [3.63, 3.8) is 0 Å². The van der Waals surface area contributed by atoms with Crippen molar-refractivity contribution in [3.05, 3.63) is 0 Å². The van der Waals surface area contributed by atoms with Crippen LogP contribution in [0.4, 0.5) is 0 Å². The zero-order valence-electron chi connectivity index (χ0n) is 7.94. The normalized spacial score (nSPS) is 22.5. The average Bonchev–Trinajstić information content (AvgIpc) is 2.66. The molecule has 0 heterocycles. The molecule has 0 saturated heterocycles. The molecule has 1 saturated carbocycles. The molecule has 0 aromatic heterocycles. The summed E-state index contributed by atoms with van der Waals surface area (Å²) in [6.45, 7) is 6.37. The molecule has 0 spiro atoms. The van der Waals surface area contributed by atoms with Gasteiger partial charge in [0.15, 0.2) is 0 Å². The Morgan fingerprint density at radius 3 is 2.27 bits per heavy atom. The Kier molecular flexibility index (Phi) is 1.95. The molecule has 0 bridgehead atoms. The maximum absolute atomic E-state index is 7.46. The summed E-state index contributed by atoms with van der Waals surface area (Å²) < 4.78 is 0. The second-order valence-electron chi connectivity index (χ2n) is 4.03. The van der Waals surface area contributed by atoms with E-state index in [4.69, 9.17) is 5.41 Å². The number of hydrogen-bond acceptors (Lipinski definition) is 1. The van der Waals surface area contributed by atoms with Gasteiger partial charge in [0.1, 0.15) is 0 Å². The molecule has 0 aromatic rings. The Morgan fingerprint density at radius 1 is 1.55 bits per heavy atom. The monoisotopic (exact) mass is 154 g/mol. The van der Waals surface area contributed by atoms with Crippen LogP contribution in [0.3, 0.4) is 0 Å². The zero-order valence-corrected chi connectivity index (χ0v) is 7.94. The third-order valence-electron chi connectivity index (χ3n) is 3.16. The molecule has 1 aliphatic rings. The van der Waals surface area contributed by atoms with Crippen LogP contribution >= 0.6 is 0 Å². The fourth-order valence-electron chi connectivity index (χ4n) is 1.37. The van der Waals surface area contributed by atoms with E-state index in [-0.39, 0.29) is 0 Å². The number of nitrogens with zero attached hydrogens (tertiary/aromatic N) is 1. The first-order chi connectivity index (χ1) is 4.97. The minimum absolute atomic E-state index is 0.497. The summed E-state index contributed by atoms with van der Waals surface area (Å²) in [5.74, 6) is 0.672. The van der Waals surface area contributed by atoms with Gasteiger partial charge in [-0.2, -0.15) is 0 Å². The Morgan fingerprint density at radius 2 is 2.00 bits per heavy atom. The van der Waals surface area contributed by atoms with Crippen LogP contribution in [0.2, 0.25) is 0 Å². The second-order valence-corrected chi connectivity index (χ2v) is 4.03. The van der Waals surface area contributed by atoms with Crippen molar-refractivity contribution in [2.24, 2.45) is 5.41 Å². The van der Waals surface area contributed by atoms with Crippen molar-refractivity contribution in [1.29, 1.82) is 5.41 Å². The highest BCUT2D eigenvalue weighted by atomic mass is 15.2. The lowest BCUT2D eigenvalue weighted by atomic mass is 9.99. The van der Waals surface area contributed by atoms with Gasteiger partial charge in [-0.3, -0.25) is 5.41 Å². The van der Waals surface area contributed by atoms with E-state index < -0.39 is 0 Å². The molecule has 0 aromatic carbocycles. The molecule has 0 radical (unpaired) electrons. The molecule has 0 amide bonds.